The van der Waals surface area contributed by atoms with Crippen LogP contribution in [0.25, 0.3) is 0 Å². The third-order valence-corrected chi connectivity index (χ3v) is 6.65. The first kappa shape index (κ1) is 19.2. The number of hydrogen-bond donors (Lipinski definition) is 1. The molecule has 140 valence electrons. The molecule has 1 aliphatic rings. The minimum atomic E-state index is 0.205. The molecule has 0 bridgehead atoms. The van der Waals surface area contributed by atoms with E-state index in [-0.39, 0.29) is 5.91 Å². The van der Waals surface area contributed by atoms with E-state index >= 15 is 0 Å². The van der Waals surface area contributed by atoms with Crippen LogP contribution in [0, 0.1) is 5.92 Å². The zero-order chi connectivity index (χ0) is 18.5. The van der Waals surface area contributed by atoms with Crippen LogP contribution in [-0.4, -0.2) is 39.8 Å². The third kappa shape index (κ3) is 5.20. The molecule has 0 atom stereocenters. The van der Waals surface area contributed by atoms with Crippen molar-refractivity contribution in [3.63, 3.8) is 0 Å². The summed E-state index contributed by atoms with van der Waals surface area (Å²) in [6, 6.07) is 8.37. The predicted molar refractivity (Wildman–Crippen MR) is 109 cm³/mol. The zero-order valence-electron chi connectivity index (χ0n) is 15.6. The highest BCUT2D eigenvalue weighted by Gasteiger charge is 2.20. The van der Waals surface area contributed by atoms with Crippen LogP contribution in [0.15, 0.2) is 28.6 Å². The van der Waals surface area contributed by atoms with E-state index in [1.807, 2.05) is 4.90 Å². The van der Waals surface area contributed by atoms with Crippen molar-refractivity contribution in [2.45, 2.75) is 43.9 Å². The Hall–Kier alpha value is -1.60. The van der Waals surface area contributed by atoms with Crippen molar-refractivity contribution in [2.24, 2.45) is 5.92 Å². The number of likely N-dealkylation sites (tertiary alicyclic amines) is 1. The molecule has 1 saturated heterocycles. The van der Waals surface area contributed by atoms with E-state index in [1.165, 1.54) is 28.7 Å². The first-order valence-corrected chi connectivity index (χ1v) is 10.9. The summed E-state index contributed by atoms with van der Waals surface area (Å²) in [6.07, 6.45) is 2.22. The number of amides is 1. The second kappa shape index (κ2) is 8.86. The number of aromatic nitrogens is 2. The van der Waals surface area contributed by atoms with Crippen molar-refractivity contribution in [1.82, 2.24) is 15.1 Å². The molecule has 2 heterocycles. The third-order valence-electron chi connectivity index (χ3n) is 4.69. The maximum atomic E-state index is 12.3. The summed E-state index contributed by atoms with van der Waals surface area (Å²) >= 11 is 2.96. The summed E-state index contributed by atoms with van der Waals surface area (Å²) in [5.74, 6) is 1.90. The van der Waals surface area contributed by atoms with Crippen molar-refractivity contribution in [3.05, 3.63) is 29.8 Å². The average Bonchev–Trinajstić information content (AvgIpc) is 3.08. The monoisotopic (exact) mass is 390 g/mol. The number of carbonyl (C=O) groups excluding carboxylic acids is 1. The SMILES string of the molecule is CC1CCN(C(=O)CSc2nnc(Nc3ccc(C(C)C)cc3)s2)CC1. The Labute approximate surface area is 163 Å². The summed E-state index contributed by atoms with van der Waals surface area (Å²) in [5.41, 5.74) is 2.32. The lowest BCUT2D eigenvalue weighted by molar-refractivity contribution is -0.129. The molecule has 7 heteroatoms. The van der Waals surface area contributed by atoms with Gasteiger partial charge in [-0.1, -0.05) is 56.0 Å². The molecule has 0 radical (unpaired) electrons. The smallest absolute Gasteiger partial charge is 0.233 e. The topological polar surface area (TPSA) is 58.1 Å². The van der Waals surface area contributed by atoms with Crippen molar-refractivity contribution in [2.75, 3.05) is 24.2 Å². The molecule has 1 fully saturated rings. The maximum Gasteiger partial charge on any atom is 0.233 e. The van der Waals surface area contributed by atoms with E-state index in [4.69, 9.17) is 0 Å². The van der Waals surface area contributed by atoms with Gasteiger partial charge in [0, 0.05) is 18.8 Å². The highest BCUT2D eigenvalue weighted by atomic mass is 32.2. The van der Waals surface area contributed by atoms with Gasteiger partial charge in [0.05, 0.1) is 5.75 Å². The van der Waals surface area contributed by atoms with Crippen molar-refractivity contribution >= 4 is 39.8 Å². The van der Waals surface area contributed by atoms with Crippen LogP contribution >= 0.6 is 23.1 Å². The molecule has 1 aliphatic heterocycles. The molecule has 2 aromatic rings. The first-order valence-electron chi connectivity index (χ1n) is 9.12. The van der Waals surface area contributed by atoms with E-state index in [0.717, 1.165) is 47.0 Å². The van der Waals surface area contributed by atoms with E-state index < -0.39 is 0 Å². The molecular weight excluding hydrogens is 364 g/mol. The van der Waals surface area contributed by atoms with Crippen LogP contribution in [0.2, 0.25) is 0 Å². The number of nitrogens with zero attached hydrogens (tertiary/aromatic N) is 3. The van der Waals surface area contributed by atoms with Crippen molar-refractivity contribution in [1.29, 1.82) is 0 Å². The van der Waals surface area contributed by atoms with E-state index in [9.17, 15) is 4.79 Å². The van der Waals surface area contributed by atoms with Crippen LogP contribution in [0.1, 0.15) is 45.1 Å². The fourth-order valence-corrected chi connectivity index (χ4v) is 4.54. The van der Waals surface area contributed by atoms with E-state index in [0.29, 0.717) is 11.7 Å². The van der Waals surface area contributed by atoms with E-state index in [1.54, 1.807) is 0 Å². The van der Waals surface area contributed by atoms with Gasteiger partial charge in [0.1, 0.15) is 0 Å². The van der Waals surface area contributed by atoms with E-state index in [2.05, 4.69) is 60.6 Å². The molecular formula is C19H26N4OS2. The number of nitrogens with one attached hydrogen (secondary N) is 1. The predicted octanol–water partition coefficient (Wildman–Crippen LogP) is 4.76. The first-order chi connectivity index (χ1) is 12.5. The van der Waals surface area contributed by atoms with Gasteiger partial charge in [-0.3, -0.25) is 4.79 Å². The normalized spacial score (nSPS) is 15.5. The number of benzene rings is 1. The largest absolute Gasteiger partial charge is 0.342 e. The van der Waals surface area contributed by atoms with Crippen LogP contribution in [0.4, 0.5) is 10.8 Å². The molecule has 1 aromatic carbocycles. The lowest BCUT2D eigenvalue weighted by Crippen LogP contribution is -2.38. The highest BCUT2D eigenvalue weighted by molar-refractivity contribution is 8.01. The molecule has 1 amide bonds. The quantitative estimate of drug-likeness (QED) is 0.721. The Morgan fingerprint density at radius 2 is 1.96 bits per heavy atom. The zero-order valence-corrected chi connectivity index (χ0v) is 17.2. The summed E-state index contributed by atoms with van der Waals surface area (Å²) in [5, 5.41) is 12.4. The molecule has 1 N–H and O–H groups in total. The van der Waals surface area contributed by atoms with Crippen molar-refractivity contribution < 1.29 is 4.79 Å². The van der Waals surface area contributed by atoms with Crippen LogP contribution in [0.3, 0.4) is 0 Å². The fraction of sp³-hybridized carbons (Fsp3) is 0.526. The Morgan fingerprint density at radius 1 is 1.27 bits per heavy atom. The Balaban J connectivity index is 1.49. The molecule has 0 spiro atoms. The molecule has 5 nitrogen and oxygen atoms in total. The molecule has 0 saturated carbocycles. The minimum absolute atomic E-state index is 0.205. The van der Waals surface area contributed by atoms with Gasteiger partial charge >= 0.3 is 0 Å². The number of carbonyl (C=O) groups is 1. The van der Waals surface area contributed by atoms with Crippen LogP contribution in [-0.2, 0) is 4.79 Å². The highest BCUT2D eigenvalue weighted by Crippen LogP contribution is 2.28. The van der Waals surface area contributed by atoms with Gasteiger partial charge in [-0.15, -0.1) is 10.2 Å². The Morgan fingerprint density at radius 3 is 2.62 bits per heavy atom. The van der Waals surface area contributed by atoms with Gasteiger partial charge < -0.3 is 10.2 Å². The van der Waals surface area contributed by atoms with Gasteiger partial charge in [-0.25, -0.2) is 0 Å². The summed E-state index contributed by atoms with van der Waals surface area (Å²) < 4.78 is 0.824. The number of rotatable bonds is 6. The van der Waals surface area contributed by atoms with Gasteiger partial charge in [0.2, 0.25) is 11.0 Å². The number of anilines is 2. The average molecular weight is 391 g/mol. The Bertz CT molecular complexity index is 721. The van der Waals surface area contributed by atoms with Gasteiger partial charge in [-0.2, -0.15) is 0 Å². The van der Waals surface area contributed by atoms with Crippen molar-refractivity contribution in [3.8, 4) is 0 Å². The Kier molecular flexibility index (Phi) is 6.53. The standard InChI is InChI=1S/C19H26N4OS2/c1-13(2)15-4-6-16(7-5-15)20-18-21-22-19(26-18)25-12-17(24)23-10-8-14(3)9-11-23/h4-7,13-14H,8-12H2,1-3H3,(H,20,21). The van der Waals surface area contributed by atoms with Gasteiger partial charge in [0.25, 0.3) is 0 Å². The summed E-state index contributed by atoms with van der Waals surface area (Å²) in [7, 11) is 0. The van der Waals surface area contributed by atoms with Gasteiger partial charge in [-0.05, 0) is 42.4 Å². The molecule has 0 aliphatic carbocycles. The number of hydrogen-bond acceptors (Lipinski definition) is 6. The maximum absolute atomic E-state index is 12.3. The second-order valence-corrected chi connectivity index (χ2v) is 9.33. The lowest BCUT2D eigenvalue weighted by atomic mass is 9.99. The summed E-state index contributed by atoms with van der Waals surface area (Å²) in [4.78, 5) is 14.3. The van der Waals surface area contributed by atoms with Crippen LogP contribution < -0.4 is 5.32 Å². The van der Waals surface area contributed by atoms with Gasteiger partial charge in [0.15, 0.2) is 4.34 Å². The second-order valence-electron chi connectivity index (χ2n) is 7.13. The molecule has 1 aromatic heterocycles. The molecule has 3 rings (SSSR count). The number of thioether (sulfide) groups is 1. The van der Waals surface area contributed by atoms with Crippen LogP contribution in [0.5, 0.6) is 0 Å². The lowest BCUT2D eigenvalue weighted by Gasteiger charge is -2.30. The minimum Gasteiger partial charge on any atom is -0.342 e. The number of piperidine rings is 1. The molecule has 0 unspecified atom stereocenters. The molecule has 26 heavy (non-hydrogen) atoms. The summed E-state index contributed by atoms with van der Waals surface area (Å²) in [6.45, 7) is 8.39. The fourth-order valence-electron chi connectivity index (χ4n) is 2.87.